The zero-order valence-electron chi connectivity index (χ0n) is 12.3. The van der Waals surface area contributed by atoms with Gasteiger partial charge in [0.25, 0.3) is 10.1 Å². The van der Waals surface area contributed by atoms with Gasteiger partial charge in [-0.15, -0.1) is 0 Å². The van der Waals surface area contributed by atoms with Crippen LogP contribution in [-0.4, -0.2) is 41.5 Å². The van der Waals surface area contributed by atoms with Crippen molar-refractivity contribution >= 4 is 10.1 Å². The predicted molar refractivity (Wildman–Crippen MR) is 78.7 cm³/mol. The Labute approximate surface area is 126 Å². The Bertz CT molecular complexity index is 517. The molecule has 5 nitrogen and oxygen atoms in total. The van der Waals surface area contributed by atoms with Gasteiger partial charge in [-0.1, -0.05) is 17.7 Å². The van der Waals surface area contributed by atoms with Crippen molar-refractivity contribution in [1.29, 1.82) is 0 Å². The molecular formula is C15H22O5S. The Kier molecular flexibility index (Phi) is 6.17. The van der Waals surface area contributed by atoms with Gasteiger partial charge in [-0.3, -0.25) is 4.18 Å². The summed E-state index contributed by atoms with van der Waals surface area (Å²) in [5.74, 6) is 0.507. The van der Waals surface area contributed by atoms with E-state index in [0.717, 1.165) is 31.6 Å². The van der Waals surface area contributed by atoms with Gasteiger partial charge in [-0.2, -0.15) is 8.42 Å². The maximum Gasteiger partial charge on any atom is 0.297 e. The van der Waals surface area contributed by atoms with Crippen molar-refractivity contribution in [2.24, 2.45) is 5.92 Å². The van der Waals surface area contributed by atoms with Crippen molar-refractivity contribution in [1.82, 2.24) is 0 Å². The molecule has 0 bridgehead atoms. The first-order valence-corrected chi connectivity index (χ1v) is 8.60. The van der Waals surface area contributed by atoms with Crippen LogP contribution in [0.25, 0.3) is 0 Å². The first kappa shape index (κ1) is 16.4. The molecule has 0 N–H and O–H groups in total. The SMILES string of the molecule is Cc1ccc(S(=O)(=O)OCCOCC2CCOCC2)cc1. The number of aryl methyl sites for hydroxylation is 1. The molecule has 1 fully saturated rings. The standard InChI is InChI=1S/C15H22O5S/c1-13-2-4-15(5-3-13)21(16,17)20-11-10-19-12-14-6-8-18-9-7-14/h2-5,14H,6-12H2,1H3. The maximum atomic E-state index is 11.9. The molecule has 0 atom stereocenters. The highest BCUT2D eigenvalue weighted by atomic mass is 32.2. The topological polar surface area (TPSA) is 61.8 Å². The van der Waals surface area contributed by atoms with E-state index in [0.29, 0.717) is 12.5 Å². The quantitative estimate of drug-likeness (QED) is 0.570. The summed E-state index contributed by atoms with van der Waals surface area (Å²) >= 11 is 0. The lowest BCUT2D eigenvalue weighted by Gasteiger charge is -2.21. The Morgan fingerprint density at radius 1 is 1.14 bits per heavy atom. The van der Waals surface area contributed by atoms with Gasteiger partial charge in [-0.25, -0.2) is 0 Å². The lowest BCUT2D eigenvalue weighted by molar-refractivity contribution is 0.0144. The van der Waals surface area contributed by atoms with E-state index in [4.69, 9.17) is 13.7 Å². The van der Waals surface area contributed by atoms with Crippen LogP contribution < -0.4 is 0 Å². The molecule has 0 aromatic heterocycles. The van der Waals surface area contributed by atoms with Crippen LogP contribution >= 0.6 is 0 Å². The summed E-state index contributed by atoms with van der Waals surface area (Å²) in [6.45, 7) is 4.43. The van der Waals surface area contributed by atoms with E-state index in [1.165, 1.54) is 0 Å². The van der Waals surface area contributed by atoms with Gasteiger partial charge in [-0.05, 0) is 37.8 Å². The highest BCUT2D eigenvalue weighted by Gasteiger charge is 2.16. The third-order valence-electron chi connectivity index (χ3n) is 3.47. The van der Waals surface area contributed by atoms with Crippen LogP contribution in [0.2, 0.25) is 0 Å². The molecule has 21 heavy (non-hydrogen) atoms. The van der Waals surface area contributed by atoms with Crippen LogP contribution in [0, 0.1) is 12.8 Å². The molecule has 1 saturated heterocycles. The highest BCUT2D eigenvalue weighted by molar-refractivity contribution is 7.86. The average molecular weight is 314 g/mol. The summed E-state index contributed by atoms with van der Waals surface area (Å²) in [6, 6.07) is 6.59. The molecule has 0 unspecified atom stereocenters. The van der Waals surface area contributed by atoms with Gasteiger partial charge >= 0.3 is 0 Å². The molecule has 2 rings (SSSR count). The van der Waals surface area contributed by atoms with Gasteiger partial charge in [0.15, 0.2) is 0 Å². The minimum Gasteiger partial charge on any atom is -0.381 e. The lowest BCUT2D eigenvalue weighted by atomic mass is 10.0. The molecule has 0 radical (unpaired) electrons. The molecule has 1 aromatic carbocycles. The Balaban J connectivity index is 1.68. The molecule has 6 heteroatoms. The summed E-state index contributed by atoms with van der Waals surface area (Å²) in [7, 11) is -3.68. The largest absolute Gasteiger partial charge is 0.381 e. The van der Waals surface area contributed by atoms with Gasteiger partial charge in [0, 0.05) is 19.8 Å². The van der Waals surface area contributed by atoms with Crippen molar-refractivity contribution in [3.05, 3.63) is 29.8 Å². The predicted octanol–water partition coefficient (Wildman–Crippen LogP) is 2.14. The summed E-state index contributed by atoms with van der Waals surface area (Å²) in [5.41, 5.74) is 1.01. The minimum atomic E-state index is -3.68. The smallest absolute Gasteiger partial charge is 0.297 e. The second-order valence-electron chi connectivity index (χ2n) is 5.22. The molecule has 0 saturated carbocycles. The highest BCUT2D eigenvalue weighted by Crippen LogP contribution is 2.15. The summed E-state index contributed by atoms with van der Waals surface area (Å²) in [6.07, 6.45) is 2.01. The molecule has 1 aliphatic rings. The molecule has 1 aliphatic heterocycles. The third kappa shape index (κ3) is 5.39. The number of hydrogen-bond donors (Lipinski definition) is 0. The molecule has 1 heterocycles. The van der Waals surface area contributed by atoms with Crippen molar-refractivity contribution in [2.45, 2.75) is 24.7 Å². The fourth-order valence-corrected chi connectivity index (χ4v) is 3.03. The van der Waals surface area contributed by atoms with Crippen molar-refractivity contribution < 1.29 is 22.1 Å². The maximum absolute atomic E-state index is 11.9. The zero-order valence-corrected chi connectivity index (χ0v) is 13.1. The number of hydrogen-bond acceptors (Lipinski definition) is 5. The Morgan fingerprint density at radius 3 is 2.48 bits per heavy atom. The molecule has 0 aliphatic carbocycles. The van der Waals surface area contributed by atoms with E-state index in [1.54, 1.807) is 24.3 Å². The van der Waals surface area contributed by atoms with Crippen LogP contribution in [0.3, 0.4) is 0 Å². The van der Waals surface area contributed by atoms with E-state index in [-0.39, 0.29) is 18.1 Å². The van der Waals surface area contributed by atoms with Gasteiger partial charge < -0.3 is 9.47 Å². The van der Waals surface area contributed by atoms with Gasteiger partial charge in [0.05, 0.1) is 18.1 Å². The van der Waals surface area contributed by atoms with E-state index < -0.39 is 10.1 Å². The number of benzene rings is 1. The Hall–Kier alpha value is -0.950. The van der Waals surface area contributed by atoms with Crippen LogP contribution in [0.15, 0.2) is 29.2 Å². The van der Waals surface area contributed by atoms with Crippen LogP contribution in [0.1, 0.15) is 18.4 Å². The fraction of sp³-hybridized carbons (Fsp3) is 0.600. The second kappa shape index (κ2) is 7.89. The van der Waals surface area contributed by atoms with Crippen molar-refractivity contribution in [3.8, 4) is 0 Å². The number of ether oxygens (including phenoxy) is 2. The second-order valence-corrected chi connectivity index (χ2v) is 6.84. The minimum absolute atomic E-state index is 0.0411. The van der Waals surface area contributed by atoms with Crippen LogP contribution in [0.5, 0.6) is 0 Å². The monoisotopic (exact) mass is 314 g/mol. The zero-order chi connectivity index (χ0) is 15.1. The molecule has 118 valence electrons. The van der Waals surface area contributed by atoms with Crippen molar-refractivity contribution in [2.75, 3.05) is 33.0 Å². The molecular weight excluding hydrogens is 292 g/mol. The van der Waals surface area contributed by atoms with Crippen molar-refractivity contribution in [3.63, 3.8) is 0 Å². The number of rotatable bonds is 7. The molecule has 0 spiro atoms. The molecule has 0 amide bonds. The first-order chi connectivity index (χ1) is 10.1. The summed E-state index contributed by atoms with van der Waals surface area (Å²) in [5, 5.41) is 0. The Morgan fingerprint density at radius 2 is 1.81 bits per heavy atom. The van der Waals surface area contributed by atoms with Crippen LogP contribution in [-0.2, 0) is 23.8 Å². The first-order valence-electron chi connectivity index (χ1n) is 7.19. The average Bonchev–Trinajstić information content (AvgIpc) is 2.48. The van der Waals surface area contributed by atoms with E-state index in [2.05, 4.69) is 0 Å². The fourth-order valence-electron chi connectivity index (χ4n) is 2.14. The molecule has 1 aromatic rings. The summed E-state index contributed by atoms with van der Waals surface area (Å²) < 4.78 is 39.5. The van der Waals surface area contributed by atoms with E-state index in [9.17, 15) is 8.42 Å². The third-order valence-corrected chi connectivity index (χ3v) is 4.80. The van der Waals surface area contributed by atoms with Gasteiger partial charge in [0.1, 0.15) is 0 Å². The van der Waals surface area contributed by atoms with Crippen LogP contribution in [0.4, 0.5) is 0 Å². The van der Waals surface area contributed by atoms with E-state index >= 15 is 0 Å². The van der Waals surface area contributed by atoms with E-state index in [1.807, 2.05) is 6.92 Å². The summed E-state index contributed by atoms with van der Waals surface area (Å²) in [4.78, 5) is 0.178. The lowest BCUT2D eigenvalue weighted by Crippen LogP contribution is -2.21. The normalized spacial score (nSPS) is 17.0. The van der Waals surface area contributed by atoms with Gasteiger partial charge in [0.2, 0.25) is 0 Å².